The molecule has 1 N–H and O–H groups in total. The highest BCUT2D eigenvalue weighted by Gasteiger charge is 2.30. The Kier molecular flexibility index (Phi) is 10.6. The van der Waals surface area contributed by atoms with Gasteiger partial charge in [-0.3, -0.25) is 13.9 Å². The largest absolute Gasteiger partial charge is 0.493 e. The molecule has 198 valence electrons. The molecule has 2 amide bonds. The van der Waals surface area contributed by atoms with Gasteiger partial charge in [0, 0.05) is 23.1 Å². The van der Waals surface area contributed by atoms with Crippen LogP contribution in [0.25, 0.3) is 0 Å². The average molecular weight is 585 g/mol. The standard InChI is InChI=1S/C25H34BrN3O6S/c1-7-17(2)27-25(31)18(3)28(15-19-8-10-20(26)11-9-19)24(30)16-29(36(6,32)33)21-12-13-22(34-4)23(14-21)35-5/h8-14,17-18H,7,15-16H2,1-6H3,(H,27,31)/t17-,18-/m1/s1. The summed E-state index contributed by atoms with van der Waals surface area (Å²) in [6.07, 6.45) is 1.76. The van der Waals surface area contributed by atoms with Gasteiger partial charge < -0.3 is 19.7 Å². The maximum Gasteiger partial charge on any atom is 0.244 e. The summed E-state index contributed by atoms with van der Waals surface area (Å²) in [6, 6.07) is 11.1. The van der Waals surface area contributed by atoms with Gasteiger partial charge in [0.05, 0.1) is 26.2 Å². The Balaban J connectivity index is 2.43. The van der Waals surface area contributed by atoms with Crippen molar-refractivity contribution in [3.8, 4) is 11.5 Å². The lowest BCUT2D eigenvalue weighted by molar-refractivity contribution is -0.139. The van der Waals surface area contributed by atoms with Gasteiger partial charge in [0.1, 0.15) is 12.6 Å². The van der Waals surface area contributed by atoms with Gasteiger partial charge in [0.2, 0.25) is 21.8 Å². The van der Waals surface area contributed by atoms with Gasteiger partial charge in [-0.15, -0.1) is 0 Å². The third kappa shape index (κ3) is 7.86. The molecule has 0 aliphatic rings. The van der Waals surface area contributed by atoms with E-state index in [1.54, 1.807) is 13.0 Å². The number of nitrogens with zero attached hydrogens (tertiary/aromatic N) is 2. The Morgan fingerprint density at radius 2 is 1.64 bits per heavy atom. The summed E-state index contributed by atoms with van der Waals surface area (Å²) in [5.41, 5.74) is 1.04. The minimum atomic E-state index is -3.86. The SMILES string of the molecule is CC[C@@H](C)NC(=O)[C@@H](C)N(Cc1ccc(Br)cc1)C(=O)CN(c1ccc(OC)c(OC)c1)S(C)(=O)=O. The van der Waals surface area contributed by atoms with Gasteiger partial charge in [-0.05, 0) is 50.1 Å². The zero-order valence-electron chi connectivity index (χ0n) is 21.4. The summed E-state index contributed by atoms with van der Waals surface area (Å²) in [6.45, 7) is 5.10. The number of nitrogens with one attached hydrogen (secondary N) is 1. The van der Waals surface area contributed by atoms with Crippen molar-refractivity contribution < 1.29 is 27.5 Å². The van der Waals surface area contributed by atoms with Crippen molar-refractivity contribution in [3.05, 3.63) is 52.5 Å². The zero-order valence-corrected chi connectivity index (χ0v) is 23.9. The molecule has 0 spiro atoms. The number of sulfonamides is 1. The van der Waals surface area contributed by atoms with Crippen molar-refractivity contribution >= 4 is 43.5 Å². The molecule has 0 fully saturated rings. The second kappa shape index (κ2) is 13.0. The van der Waals surface area contributed by atoms with Gasteiger partial charge in [0.15, 0.2) is 11.5 Å². The predicted molar refractivity (Wildman–Crippen MR) is 144 cm³/mol. The van der Waals surface area contributed by atoms with Crippen molar-refractivity contribution in [2.75, 3.05) is 31.3 Å². The van der Waals surface area contributed by atoms with Gasteiger partial charge in [-0.1, -0.05) is 35.0 Å². The van der Waals surface area contributed by atoms with Crippen LogP contribution in [0.15, 0.2) is 46.9 Å². The van der Waals surface area contributed by atoms with Crippen LogP contribution in [0, 0.1) is 0 Å². The van der Waals surface area contributed by atoms with Crippen LogP contribution in [-0.2, 0) is 26.2 Å². The highest BCUT2D eigenvalue weighted by molar-refractivity contribution is 9.10. The Bertz CT molecular complexity index is 1160. The number of carbonyl (C=O) groups excluding carboxylic acids is 2. The number of halogens is 1. The number of carbonyl (C=O) groups is 2. The first-order valence-corrected chi connectivity index (χ1v) is 14.1. The fourth-order valence-corrected chi connectivity index (χ4v) is 4.53. The average Bonchev–Trinajstić information content (AvgIpc) is 2.85. The van der Waals surface area contributed by atoms with Gasteiger partial charge in [-0.25, -0.2) is 8.42 Å². The molecule has 0 saturated heterocycles. The smallest absolute Gasteiger partial charge is 0.244 e. The predicted octanol–water partition coefficient (Wildman–Crippen LogP) is 3.56. The highest BCUT2D eigenvalue weighted by atomic mass is 79.9. The quantitative estimate of drug-likeness (QED) is 0.409. The molecule has 0 unspecified atom stereocenters. The zero-order chi connectivity index (χ0) is 27.0. The minimum Gasteiger partial charge on any atom is -0.493 e. The van der Waals surface area contributed by atoms with Crippen LogP contribution in [-0.4, -0.2) is 64.2 Å². The second-order valence-corrected chi connectivity index (χ2v) is 11.3. The third-order valence-corrected chi connectivity index (χ3v) is 7.44. The van der Waals surface area contributed by atoms with Gasteiger partial charge >= 0.3 is 0 Å². The van der Waals surface area contributed by atoms with E-state index in [9.17, 15) is 18.0 Å². The lowest BCUT2D eigenvalue weighted by atomic mass is 10.1. The van der Waals surface area contributed by atoms with E-state index in [1.165, 1.54) is 31.3 Å². The number of methoxy groups -OCH3 is 2. The van der Waals surface area contributed by atoms with E-state index in [0.717, 1.165) is 27.0 Å². The van der Waals surface area contributed by atoms with Crippen LogP contribution in [0.1, 0.15) is 32.8 Å². The van der Waals surface area contributed by atoms with E-state index < -0.39 is 28.5 Å². The van der Waals surface area contributed by atoms with Crippen LogP contribution in [0.5, 0.6) is 11.5 Å². The summed E-state index contributed by atoms with van der Waals surface area (Å²) in [7, 11) is -0.943. The van der Waals surface area contributed by atoms with Gasteiger partial charge in [-0.2, -0.15) is 0 Å². The topological polar surface area (TPSA) is 105 Å². The lowest BCUT2D eigenvalue weighted by Gasteiger charge is -2.32. The summed E-state index contributed by atoms with van der Waals surface area (Å²) >= 11 is 3.39. The molecule has 2 aromatic rings. The molecule has 0 aliphatic heterocycles. The van der Waals surface area contributed by atoms with Crippen LogP contribution >= 0.6 is 15.9 Å². The Hall–Kier alpha value is -2.79. The van der Waals surface area contributed by atoms with Crippen molar-refractivity contribution in [2.24, 2.45) is 0 Å². The fraction of sp³-hybridized carbons (Fsp3) is 0.440. The number of anilines is 1. The van der Waals surface area contributed by atoms with E-state index in [2.05, 4.69) is 21.2 Å². The Morgan fingerprint density at radius 3 is 2.17 bits per heavy atom. The first-order chi connectivity index (χ1) is 16.9. The first kappa shape index (κ1) is 29.4. The van der Waals surface area contributed by atoms with E-state index in [1.807, 2.05) is 38.1 Å². The molecule has 0 aromatic heterocycles. The molecule has 0 saturated carbocycles. The van der Waals surface area contributed by atoms with E-state index in [4.69, 9.17) is 9.47 Å². The number of ether oxygens (including phenoxy) is 2. The molecule has 2 atom stereocenters. The van der Waals surface area contributed by atoms with Crippen molar-refractivity contribution in [1.29, 1.82) is 0 Å². The van der Waals surface area contributed by atoms with Crippen LogP contribution in [0.4, 0.5) is 5.69 Å². The molecule has 36 heavy (non-hydrogen) atoms. The molecule has 2 rings (SSSR count). The number of benzene rings is 2. The molecule has 11 heteroatoms. The fourth-order valence-electron chi connectivity index (χ4n) is 3.43. The van der Waals surface area contributed by atoms with Crippen molar-refractivity contribution in [3.63, 3.8) is 0 Å². The molecule has 2 aromatic carbocycles. The summed E-state index contributed by atoms with van der Waals surface area (Å²) < 4.78 is 37.9. The second-order valence-electron chi connectivity index (χ2n) is 8.45. The van der Waals surface area contributed by atoms with Crippen molar-refractivity contribution in [1.82, 2.24) is 10.2 Å². The molecular formula is C25H34BrN3O6S. The number of rotatable bonds is 12. The first-order valence-electron chi connectivity index (χ1n) is 11.4. The third-order valence-electron chi connectivity index (χ3n) is 5.77. The van der Waals surface area contributed by atoms with E-state index in [-0.39, 0.29) is 24.2 Å². The molecule has 0 aliphatic carbocycles. The maximum atomic E-state index is 13.6. The molecule has 9 nitrogen and oxygen atoms in total. The molecule has 0 bridgehead atoms. The minimum absolute atomic E-state index is 0.0659. The molecular weight excluding hydrogens is 550 g/mol. The van der Waals surface area contributed by atoms with Crippen LogP contribution in [0.3, 0.4) is 0 Å². The molecule has 0 radical (unpaired) electrons. The van der Waals surface area contributed by atoms with Gasteiger partial charge in [0.25, 0.3) is 0 Å². The summed E-state index contributed by atoms with van der Waals surface area (Å²) in [5.74, 6) is -0.0888. The van der Waals surface area contributed by atoms with Crippen molar-refractivity contribution in [2.45, 2.75) is 45.8 Å². The summed E-state index contributed by atoms with van der Waals surface area (Å²) in [4.78, 5) is 27.9. The Labute approximate surface area is 221 Å². The van der Waals surface area contributed by atoms with Crippen LogP contribution in [0.2, 0.25) is 0 Å². The highest BCUT2D eigenvalue weighted by Crippen LogP contribution is 2.32. The molecule has 0 heterocycles. The number of hydrogen-bond acceptors (Lipinski definition) is 6. The summed E-state index contributed by atoms with van der Waals surface area (Å²) in [5, 5.41) is 2.90. The number of amides is 2. The lowest BCUT2D eigenvalue weighted by Crippen LogP contribution is -2.52. The normalized spacial score (nSPS) is 12.9. The monoisotopic (exact) mass is 583 g/mol. The van der Waals surface area contributed by atoms with E-state index >= 15 is 0 Å². The number of hydrogen-bond donors (Lipinski definition) is 1. The van der Waals surface area contributed by atoms with Crippen LogP contribution < -0.4 is 19.1 Å². The maximum absolute atomic E-state index is 13.6. The Morgan fingerprint density at radius 1 is 1.03 bits per heavy atom. The van der Waals surface area contributed by atoms with E-state index in [0.29, 0.717) is 11.5 Å².